The summed E-state index contributed by atoms with van der Waals surface area (Å²) in [5.41, 5.74) is 1.17. The minimum Gasteiger partial charge on any atom is -0.496 e. The summed E-state index contributed by atoms with van der Waals surface area (Å²) < 4.78 is 11.6. The highest BCUT2D eigenvalue weighted by Gasteiger charge is 2.15. The van der Waals surface area contributed by atoms with Crippen LogP contribution in [0.5, 0.6) is 11.5 Å². The first-order chi connectivity index (χ1) is 10.2. The third-order valence-corrected chi connectivity index (χ3v) is 3.63. The zero-order chi connectivity index (χ0) is 15.2. The van der Waals surface area contributed by atoms with Crippen molar-refractivity contribution in [2.24, 2.45) is 0 Å². The van der Waals surface area contributed by atoms with Gasteiger partial charge in [-0.25, -0.2) is 0 Å². The van der Waals surface area contributed by atoms with Crippen molar-refractivity contribution in [1.82, 2.24) is 0 Å². The van der Waals surface area contributed by atoms with Crippen LogP contribution in [-0.4, -0.2) is 19.5 Å². The number of rotatable bonds is 6. The molecular weight excluding hydrogens is 332 g/mol. The molecule has 0 aliphatic rings. The zero-order valence-corrected chi connectivity index (χ0v) is 13.6. The maximum Gasteiger partial charge on any atom is 0.196 e. The van der Waals surface area contributed by atoms with Gasteiger partial charge < -0.3 is 9.47 Å². The summed E-state index contributed by atoms with van der Waals surface area (Å²) in [4.78, 5) is 12.6. The van der Waals surface area contributed by atoms with Crippen molar-refractivity contribution in [2.45, 2.75) is 13.3 Å². The van der Waals surface area contributed by atoms with Crippen LogP contribution >= 0.6 is 15.9 Å². The van der Waals surface area contributed by atoms with Gasteiger partial charge in [-0.15, -0.1) is 0 Å². The molecule has 0 aliphatic carbocycles. The van der Waals surface area contributed by atoms with Gasteiger partial charge in [-0.1, -0.05) is 19.1 Å². The second-order valence-corrected chi connectivity index (χ2v) is 5.38. The van der Waals surface area contributed by atoms with Crippen LogP contribution in [0.15, 0.2) is 46.9 Å². The number of benzene rings is 2. The average Bonchev–Trinajstić information content (AvgIpc) is 2.52. The fourth-order valence-electron chi connectivity index (χ4n) is 1.96. The largest absolute Gasteiger partial charge is 0.496 e. The lowest BCUT2D eigenvalue weighted by Crippen LogP contribution is -2.06. The second-order valence-electron chi connectivity index (χ2n) is 4.52. The third-order valence-electron chi connectivity index (χ3n) is 3.01. The second kappa shape index (κ2) is 7.27. The molecule has 4 heteroatoms. The molecule has 0 amide bonds. The van der Waals surface area contributed by atoms with Gasteiger partial charge in [-0.3, -0.25) is 4.79 Å². The Morgan fingerprint density at radius 2 is 1.90 bits per heavy atom. The van der Waals surface area contributed by atoms with Gasteiger partial charge in [0.05, 0.1) is 23.8 Å². The summed E-state index contributed by atoms with van der Waals surface area (Å²) in [6.45, 7) is 2.63. The highest BCUT2D eigenvalue weighted by Crippen LogP contribution is 2.28. The standard InChI is InChI=1S/C17H17BrO3/c1-3-10-21-15-7-5-4-6-13(15)17(19)12-8-9-16(20-2)14(18)11-12/h4-9,11H,3,10H2,1-2H3. The predicted octanol–water partition coefficient (Wildman–Crippen LogP) is 4.48. The molecule has 0 atom stereocenters. The van der Waals surface area contributed by atoms with Crippen LogP contribution in [-0.2, 0) is 0 Å². The quantitative estimate of drug-likeness (QED) is 0.722. The summed E-state index contributed by atoms with van der Waals surface area (Å²) in [7, 11) is 1.59. The van der Waals surface area contributed by atoms with Crippen molar-refractivity contribution < 1.29 is 14.3 Å². The van der Waals surface area contributed by atoms with Crippen LogP contribution in [0.2, 0.25) is 0 Å². The molecule has 110 valence electrons. The molecule has 2 aromatic rings. The van der Waals surface area contributed by atoms with E-state index in [9.17, 15) is 4.79 Å². The predicted molar refractivity (Wildman–Crippen MR) is 86.4 cm³/mol. The first-order valence-electron chi connectivity index (χ1n) is 6.77. The molecule has 2 rings (SSSR count). The first-order valence-corrected chi connectivity index (χ1v) is 7.56. The van der Waals surface area contributed by atoms with Crippen molar-refractivity contribution in [3.63, 3.8) is 0 Å². The molecule has 0 unspecified atom stereocenters. The highest BCUT2D eigenvalue weighted by atomic mass is 79.9. The normalized spacial score (nSPS) is 10.2. The van der Waals surface area contributed by atoms with Crippen LogP contribution in [0.3, 0.4) is 0 Å². The van der Waals surface area contributed by atoms with Crippen molar-refractivity contribution in [3.05, 3.63) is 58.1 Å². The van der Waals surface area contributed by atoms with Gasteiger partial charge in [0.1, 0.15) is 11.5 Å². The van der Waals surface area contributed by atoms with E-state index in [1.165, 1.54) is 0 Å². The lowest BCUT2D eigenvalue weighted by atomic mass is 10.0. The van der Waals surface area contributed by atoms with E-state index >= 15 is 0 Å². The van der Waals surface area contributed by atoms with Crippen LogP contribution in [0.4, 0.5) is 0 Å². The number of ketones is 1. The van der Waals surface area contributed by atoms with Crippen molar-refractivity contribution >= 4 is 21.7 Å². The lowest BCUT2D eigenvalue weighted by molar-refractivity contribution is 0.103. The summed E-state index contributed by atoms with van der Waals surface area (Å²) >= 11 is 3.40. The van der Waals surface area contributed by atoms with Crippen molar-refractivity contribution in [1.29, 1.82) is 0 Å². The van der Waals surface area contributed by atoms with E-state index in [0.29, 0.717) is 29.2 Å². The van der Waals surface area contributed by atoms with Gasteiger partial charge in [-0.05, 0) is 52.7 Å². The summed E-state index contributed by atoms with van der Waals surface area (Å²) in [5, 5.41) is 0. The number of carbonyl (C=O) groups excluding carboxylic acids is 1. The maximum atomic E-state index is 12.6. The van der Waals surface area contributed by atoms with Crippen LogP contribution in [0, 0.1) is 0 Å². The van der Waals surface area contributed by atoms with Gasteiger partial charge in [0.25, 0.3) is 0 Å². The number of ether oxygens (including phenoxy) is 2. The molecule has 0 saturated heterocycles. The summed E-state index contributed by atoms with van der Waals surface area (Å²) in [5.74, 6) is 1.25. The molecule has 21 heavy (non-hydrogen) atoms. The Bertz CT molecular complexity index is 638. The van der Waals surface area contributed by atoms with Crippen LogP contribution < -0.4 is 9.47 Å². The molecule has 0 aliphatic heterocycles. The monoisotopic (exact) mass is 348 g/mol. The Balaban J connectivity index is 2.33. The lowest BCUT2D eigenvalue weighted by Gasteiger charge is -2.11. The molecule has 0 heterocycles. The molecule has 0 radical (unpaired) electrons. The third kappa shape index (κ3) is 3.64. The van der Waals surface area contributed by atoms with Crippen molar-refractivity contribution in [2.75, 3.05) is 13.7 Å². The Morgan fingerprint density at radius 3 is 2.57 bits per heavy atom. The van der Waals surface area contributed by atoms with E-state index in [-0.39, 0.29) is 5.78 Å². The average molecular weight is 349 g/mol. The van der Waals surface area contributed by atoms with E-state index in [2.05, 4.69) is 15.9 Å². The van der Waals surface area contributed by atoms with E-state index in [0.717, 1.165) is 10.9 Å². The fourth-order valence-corrected chi connectivity index (χ4v) is 2.50. The zero-order valence-electron chi connectivity index (χ0n) is 12.1. The van der Waals surface area contributed by atoms with Gasteiger partial charge in [0.15, 0.2) is 5.78 Å². The van der Waals surface area contributed by atoms with Gasteiger partial charge >= 0.3 is 0 Å². The number of methoxy groups -OCH3 is 1. The van der Waals surface area contributed by atoms with Gasteiger partial charge in [0, 0.05) is 5.56 Å². The molecule has 0 N–H and O–H groups in total. The van der Waals surface area contributed by atoms with E-state index in [4.69, 9.17) is 9.47 Å². The minimum atomic E-state index is -0.0648. The Morgan fingerprint density at radius 1 is 1.14 bits per heavy atom. The molecule has 0 aromatic heterocycles. The number of halogens is 1. The Hall–Kier alpha value is -1.81. The van der Waals surface area contributed by atoms with Gasteiger partial charge in [0.2, 0.25) is 0 Å². The van der Waals surface area contributed by atoms with E-state index in [1.54, 1.807) is 31.4 Å². The molecule has 2 aromatic carbocycles. The smallest absolute Gasteiger partial charge is 0.196 e. The molecule has 0 spiro atoms. The minimum absolute atomic E-state index is 0.0648. The topological polar surface area (TPSA) is 35.5 Å². The summed E-state index contributed by atoms with van der Waals surface area (Å²) in [6.07, 6.45) is 0.899. The molecular formula is C17H17BrO3. The molecule has 0 bridgehead atoms. The molecule has 0 saturated carbocycles. The van der Waals surface area contributed by atoms with Crippen molar-refractivity contribution in [3.8, 4) is 11.5 Å². The Kier molecular flexibility index (Phi) is 5.39. The SMILES string of the molecule is CCCOc1ccccc1C(=O)c1ccc(OC)c(Br)c1. The van der Waals surface area contributed by atoms with Gasteiger partial charge in [-0.2, -0.15) is 0 Å². The fraction of sp³-hybridized carbons (Fsp3) is 0.235. The maximum absolute atomic E-state index is 12.6. The Labute approximate surface area is 133 Å². The number of hydrogen-bond donors (Lipinski definition) is 0. The molecule has 3 nitrogen and oxygen atoms in total. The van der Waals surface area contributed by atoms with Crippen LogP contribution in [0.25, 0.3) is 0 Å². The van der Waals surface area contributed by atoms with Crippen LogP contribution in [0.1, 0.15) is 29.3 Å². The molecule has 0 fully saturated rings. The number of carbonyl (C=O) groups is 1. The highest BCUT2D eigenvalue weighted by molar-refractivity contribution is 9.10. The number of hydrogen-bond acceptors (Lipinski definition) is 3. The summed E-state index contributed by atoms with van der Waals surface area (Å²) in [6, 6.07) is 12.6. The van der Waals surface area contributed by atoms with E-state index < -0.39 is 0 Å². The first kappa shape index (κ1) is 15.6. The number of para-hydroxylation sites is 1. The van der Waals surface area contributed by atoms with E-state index in [1.807, 2.05) is 25.1 Å².